The summed E-state index contributed by atoms with van der Waals surface area (Å²) in [4.78, 5) is 23.5. The minimum atomic E-state index is -0.354. The number of hydrogen-bond donors (Lipinski definition) is 1. The van der Waals surface area contributed by atoms with Crippen molar-refractivity contribution < 1.29 is 19.1 Å². The highest BCUT2D eigenvalue weighted by Crippen LogP contribution is 2.28. The maximum atomic E-state index is 12.3. The molecule has 0 fully saturated rings. The Bertz CT molecular complexity index is 718. The Hall–Kier alpha value is -2.13. The van der Waals surface area contributed by atoms with Crippen LogP contribution < -0.4 is 10.1 Å². The van der Waals surface area contributed by atoms with Gasteiger partial charge >= 0.3 is 5.97 Å². The second-order valence-corrected chi connectivity index (χ2v) is 7.08. The van der Waals surface area contributed by atoms with Crippen LogP contribution >= 0.6 is 23.1 Å². The molecular formula is C16H19N3O4S2. The number of carbonyl (C=O) groups is 2. The molecule has 2 rings (SSSR count). The van der Waals surface area contributed by atoms with Crippen LogP contribution in [0.15, 0.2) is 24.3 Å². The first kappa shape index (κ1) is 19.2. The molecule has 0 bridgehead atoms. The molecule has 0 saturated heterocycles. The summed E-state index contributed by atoms with van der Waals surface area (Å²) in [5.74, 6) is 0.341. The van der Waals surface area contributed by atoms with Crippen LogP contribution in [0.25, 0.3) is 10.6 Å². The van der Waals surface area contributed by atoms with E-state index in [1.807, 2.05) is 31.2 Å². The lowest BCUT2D eigenvalue weighted by Gasteiger charge is -2.12. The summed E-state index contributed by atoms with van der Waals surface area (Å²) in [6.07, 6.45) is 0.595. The number of carbonyl (C=O) groups excluding carboxylic acids is 2. The molecule has 0 saturated carbocycles. The lowest BCUT2D eigenvalue weighted by atomic mass is 10.2. The number of thioether (sulfide) groups is 1. The van der Waals surface area contributed by atoms with Crippen LogP contribution in [0.2, 0.25) is 0 Å². The normalized spacial score (nSPS) is 11.6. The number of nitrogens with zero attached hydrogens (tertiary/aromatic N) is 2. The maximum absolute atomic E-state index is 12.3. The third-order valence-corrected chi connectivity index (χ3v) is 5.53. The summed E-state index contributed by atoms with van der Waals surface area (Å²) in [6, 6.07) is 7.44. The number of methoxy groups -OCH3 is 2. The van der Waals surface area contributed by atoms with Gasteiger partial charge in [0.25, 0.3) is 0 Å². The van der Waals surface area contributed by atoms with Gasteiger partial charge in [0, 0.05) is 5.56 Å². The SMILES string of the molecule is CC[C@@H](SCC(=O)OC)C(=O)Nc1nnc(-c2ccc(OC)cc2)s1. The number of esters is 1. The Labute approximate surface area is 154 Å². The topological polar surface area (TPSA) is 90.4 Å². The summed E-state index contributed by atoms with van der Waals surface area (Å²) in [5.41, 5.74) is 0.894. The van der Waals surface area contributed by atoms with E-state index in [1.54, 1.807) is 7.11 Å². The zero-order valence-corrected chi connectivity index (χ0v) is 15.8. The predicted octanol–water partition coefficient (Wildman–Crippen LogP) is 2.84. The van der Waals surface area contributed by atoms with E-state index in [4.69, 9.17) is 4.74 Å². The van der Waals surface area contributed by atoms with Crippen molar-refractivity contribution in [1.82, 2.24) is 10.2 Å². The largest absolute Gasteiger partial charge is 0.497 e. The molecule has 1 amide bonds. The molecule has 0 unspecified atom stereocenters. The Morgan fingerprint density at radius 2 is 1.96 bits per heavy atom. The van der Waals surface area contributed by atoms with Gasteiger partial charge in [0.2, 0.25) is 11.0 Å². The van der Waals surface area contributed by atoms with Gasteiger partial charge in [-0.3, -0.25) is 14.9 Å². The Balaban J connectivity index is 1.98. The van der Waals surface area contributed by atoms with Crippen molar-refractivity contribution in [1.29, 1.82) is 0 Å². The highest BCUT2D eigenvalue weighted by molar-refractivity contribution is 8.01. The molecule has 134 valence electrons. The van der Waals surface area contributed by atoms with E-state index in [0.717, 1.165) is 11.3 Å². The molecule has 1 atom stereocenters. The molecule has 2 aromatic rings. The van der Waals surface area contributed by atoms with E-state index in [1.165, 1.54) is 30.2 Å². The highest BCUT2D eigenvalue weighted by Gasteiger charge is 2.20. The molecule has 7 nitrogen and oxygen atoms in total. The monoisotopic (exact) mass is 381 g/mol. The van der Waals surface area contributed by atoms with Crippen LogP contribution in [0, 0.1) is 0 Å². The van der Waals surface area contributed by atoms with E-state index >= 15 is 0 Å². The number of nitrogens with one attached hydrogen (secondary N) is 1. The van der Waals surface area contributed by atoms with Gasteiger partial charge in [-0.1, -0.05) is 18.3 Å². The van der Waals surface area contributed by atoms with Gasteiger partial charge in [-0.2, -0.15) is 0 Å². The second-order valence-electron chi connectivity index (χ2n) is 4.91. The van der Waals surface area contributed by atoms with Crippen molar-refractivity contribution in [3.05, 3.63) is 24.3 Å². The van der Waals surface area contributed by atoms with Gasteiger partial charge in [-0.05, 0) is 30.7 Å². The van der Waals surface area contributed by atoms with Gasteiger partial charge in [-0.15, -0.1) is 22.0 Å². The molecule has 9 heteroatoms. The first-order valence-corrected chi connectivity index (χ1v) is 9.41. The minimum absolute atomic E-state index is 0.135. The first-order chi connectivity index (χ1) is 12.1. The third kappa shape index (κ3) is 5.43. The van der Waals surface area contributed by atoms with Crippen molar-refractivity contribution >= 4 is 40.1 Å². The number of rotatable bonds is 8. The molecular weight excluding hydrogens is 362 g/mol. The van der Waals surface area contributed by atoms with E-state index in [0.29, 0.717) is 16.6 Å². The quantitative estimate of drug-likeness (QED) is 0.703. The van der Waals surface area contributed by atoms with Crippen LogP contribution in [-0.4, -0.2) is 47.3 Å². The van der Waals surface area contributed by atoms with Gasteiger partial charge in [-0.25, -0.2) is 0 Å². The van der Waals surface area contributed by atoms with E-state index in [2.05, 4.69) is 20.3 Å². The lowest BCUT2D eigenvalue weighted by molar-refractivity contribution is -0.137. The highest BCUT2D eigenvalue weighted by atomic mass is 32.2. The van der Waals surface area contributed by atoms with Gasteiger partial charge < -0.3 is 9.47 Å². The molecule has 25 heavy (non-hydrogen) atoms. The van der Waals surface area contributed by atoms with E-state index in [-0.39, 0.29) is 22.9 Å². The number of aromatic nitrogens is 2. The van der Waals surface area contributed by atoms with Gasteiger partial charge in [0.15, 0.2) is 0 Å². The number of hydrogen-bond acceptors (Lipinski definition) is 8. The zero-order chi connectivity index (χ0) is 18.2. The molecule has 1 aromatic carbocycles. The summed E-state index contributed by atoms with van der Waals surface area (Å²) in [5, 5.41) is 11.6. The summed E-state index contributed by atoms with van der Waals surface area (Å²) < 4.78 is 9.72. The van der Waals surface area contributed by atoms with Crippen molar-refractivity contribution in [3.63, 3.8) is 0 Å². The number of anilines is 1. The molecule has 1 aromatic heterocycles. The first-order valence-electron chi connectivity index (χ1n) is 7.54. The lowest BCUT2D eigenvalue weighted by Crippen LogP contribution is -2.25. The summed E-state index contributed by atoms with van der Waals surface area (Å²) in [6.45, 7) is 1.89. The summed E-state index contributed by atoms with van der Waals surface area (Å²) in [7, 11) is 2.93. The average Bonchev–Trinajstić information content (AvgIpc) is 3.10. The number of ether oxygens (including phenoxy) is 2. The fraction of sp³-hybridized carbons (Fsp3) is 0.375. The molecule has 0 aliphatic heterocycles. The van der Waals surface area contributed by atoms with Gasteiger partial charge in [0.05, 0.1) is 25.2 Å². The Kier molecular flexibility index (Phi) is 7.20. The van der Waals surface area contributed by atoms with Crippen LogP contribution in [0.3, 0.4) is 0 Å². The number of benzene rings is 1. The summed E-state index contributed by atoms with van der Waals surface area (Å²) >= 11 is 2.53. The molecule has 0 radical (unpaired) electrons. The van der Waals surface area contributed by atoms with Crippen molar-refractivity contribution in [2.45, 2.75) is 18.6 Å². The van der Waals surface area contributed by atoms with Crippen LogP contribution in [0.4, 0.5) is 5.13 Å². The maximum Gasteiger partial charge on any atom is 0.315 e. The Morgan fingerprint density at radius 3 is 2.56 bits per heavy atom. The number of amides is 1. The van der Waals surface area contributed by atoms with Crippen molar-refractivity contribution in [2.24, 2.45) is 0 Å². The molecule has 0 aliphatic rings. The fourth-order valence-corrected chi connectivity index (χ4v) is 3.57. The molecule has 0 aliphatic carbocycles. The minimum Gasteiger partial charge on any atom is -0.497 e. The van der Waals surface area contributed by atoms with E-state index < -0.39 is 0 Å². The van der Waals surface area contributed by atoms with Crippen LogP contribution in [-0.2, 0) is 14.3 Å². The molecule has 1 N–H and O–H groups in total. The van der Waals surface area contributed by atoms with Crippen molar-refractivity contribution in [2.75, 3.05) is 25.3 Å². The fourth-order valence-electron chi connectivity index (χ4n) is 1.92. The molecule has 1 heterocycles. The Morgan fingerprint density at radius 1 is 1.24 bits per heavy atom. The third-order valence-electron chi connectivity index (χ3n) is 3.29. The van der Waals surface area contributed by atoms with Gasteiger partial charge in [0.1, 0.15) is 10.8 Å². The zero-order valence-electron chi connectivity index (χ0n) is 14.1. The predicted molar refractivity (Wildman–Crippen MR) is 99.1 cm³/mol. The second kappa shape index (κ2) is 9.38. The standard InChI is InChI=1S/C16H19N3O4S2/c1-4-12(24-9-13(20)23-3)14(21)17-16-19-18-15(25-16)10-5-7-11(22-2)8-6-10/h5-8,12H,4,9H2,1-3H3,(H,17,19,21)/t12-/m1/s1. The van der Waals surface area contributed by atoms with Crippen molar-refractivity contribution in [3.8, 4) is 16.3 Å². The molecule has 0 spiro atoms. The average molecular weight is 381 g/mol. The van der Waals surface area contributed by atoms with E-state index in [9.17, 15) is 9.59 Å². The van der Waals surface area contributed by atoms with Crippen LogP contribution in [0.5, 0.6) is 5.75 Å². The van der Waals surface area contributed by atoms with Crippen LogP contribution in [0.1, 0.15) is 13.3 Å². The smallest absolute Gasteiger partial charge is 0.315 e.